The van der Waals surface area contributed by atoms with E-state index in [0.717, 1.165) is 6.54 Å². The van der Waals surface area contributed by atoms with Crippen LogP contribution in [-0.4, -0.2) is 63.9 Å². The van der Waals surface area contributed by atoms with Crippen LogP contribution in [0.4, 0.5) is 5.69 Å². The van der Waals surface area contributed by atoms with Gasteiger partial charge in [-0.25, -0.2) is 8.42 Å². The minimum absolute atomic E-state index is 0.00639. The first-order chi connectivity index (χ1) is 14.8. The van der Waals surface area contributed by atoms with Crippen molar-refractivity contribution in [3.8, 4) is 11.5 Å². The lowest BCUT2D eigenvalue weighted by Crippen LogP contribution is -2.48. The van der Waals surface area contributed by atoms with Gasteiger partial charge in [0.25, 0.3) is 0 Å². The zero-order valence-electron chi connectivity index (χ0n) is 18.3. The zero-order chi connectivity index (χ0) is 22.6. The van der Waals surface area contributed by atoms with Gasteiger partial charge in [-0.05, 0) is 24.1 Å². The molecule has 0 radical (unpaired) electrons. The van der Waals surface area contributed by atoms with E-state index in [1.807, 2.05) is 12.1 Å². The lowest BCUT2D eigenvalue weighted by atomic mass is 10.1. The maximum absolute atomic E-state index is 13.4. The molecule has 0 aliphatic carbocycles. The fraction of sp³-hybridized carbons (Fsp3) is 0.409. The summed E-state index contributed by atoms with van der Waals surface area (Å²) in [5.74, 6) is 0.180. The van der Waals surface area contributed by atoms with E-state index >= 15 is 0 Å². The van der Waals surface area contributed by atoms with E-state index in [1.54, 1.807) is 0 Å². The van der Waals surface area contributed by atoms with Gasteiger partial charge < -0.3 is 14.8 Å². The normalized spacial score (nSPS) is 15.5. The molecule has 0 saturated carbocycles. The Balaban J connectivity index is 1.80. The number of carbonyl (C=O) groups is 1. The number of benzene rings is 2. The van der Waals surface area contributed by atoms with Gasteiger partial charge in [-0.2, -0.15) is 4.31 Å². The molecule has 0 unspecified atom stereocenters. The quantitative estimate of drug-likeness (QED) is 0.702. The van der Waals surface area contributed by atoms with Crippen molar-refractivity contribution in [1.82, 2.24) is 9.21 Å². The molecule has 31 heavy (non-hydrogen) atoms. The summed E-state index contributed by atoms with van der Waals surface area (Å²) < 4.78 is 38.9. The molecule has 0 spiro atoms. The lowest BCUT2D eigenvalue weighted by molar-refractivity contribution is -0.114. The molecule has 2 aromatic rings. The monoisotopic (exact) mass is 447 g/mol. The van der Waals surface area contributed by atoms with Crippen molar-refractivity contribution in [1.29, 1.82) is 0 Å². The van der Waals surface area contributed by atoms with Crippen LogP contribution in [0, 0.1) is 6.92 Å². The van der Waals surface area contributed by atoms with E-state index in [4.69, 9.17) is 9.47 Å². The highest BCUT2D eigenvalue weighted by atomic mass is 32.2. The molecular weight excluding hydrogens is 418 g/mol. The van der Waals surface area contributed by atoms with Gasteiger partial charge in [-0.3, -0.25) is 9.69 Å². The van der Waals surface area contributed by atoms with Crippen LogP contribution >= 0.6 is 0 Å². The van der Waals surface area contributed by atoms with Crippen molar-refractivity contribution < 1.29 is 22.7 Å². The van der Waals surface area contributed by atoms with Crippen molar-refractivity contribution in [2.75, 3.05) is 45.7 Å². The lowest BCUT2D eigenvalue weighted by Gasteiger charge is -2.34. The highest BCUT2D eigenvalue weighted by Gasteiger charge is 2.32. The molecule has 1 aliphatic rings. The average molecular weight is 448 g/mol. The Morgan fingerprint density at radius 1 is 1.03 bits per heavy atom. The number of piperazine rings is 1. The molecule has 1 amide bonds. The molecule has 1 N–H and O–H groups in total. The molecule has 1 saturated heterocycles. The first-order valence-corrected chi connectivity index (χ1v) is 11.5. The summed E-state index contributed by atoms with van der Waals surface area (Å²) in [6.45, 7) is 6.23. The second-order valence-corrected chi connectivity index (χ2v) is 9.40. The summed E-state index contributed by atoms with van der Waals surface area (Å²) in [5.41, 5.74) is 2.76. The Labute approximate surface area is 183 Å². The van der Waals surface area contributed by atoms with Gasteiger partial charge in [0.15, 0.2) is 0 Å². The largest absolute Gasteiger partial charge is 0.495 e. The molecular formula is C22H29N3O5S. The molecule has 0 bridgehead atoms. The molecule has 1 fully saturated rings. The molecule has 0 aromatic heterocycles. The van der Waals surface area contributed by atoms with Gasteiger partial charge >= 0.3 is 0 Å². The van der Waals surface area contributed by atoms with Crippen LogP contribution in [0.1, 0.15) is 18.1 Å². The van der Waals surface area contributed by atoms with E-state index < -0.39 is 10.0 Å². The number of anilines is 1. The van der Waals surface area contributed by atoms with Gasteiger partial charge in [0.05, 0.1) is 19.9 Å². The summed E-state index contributed by atoms with van der Waals surface area (Å²) >= 11 is 0. The number of aryl methyl sites for hydroxylation is 1. The maximum atomic E-state index is 13.4. The maximum Gasteiger partial charge on any atom is 0.246 e. The van der Waals surface area contributed by atoms with Gasteiger partial charge in [-0.15, -0.1) is 0 Å². The summed E-state index contributed by atoms with van der Waals surface area (Å²) in [5, 5.41) is 2.62. The molecule has 0 atom stereocenters. The van der Waals surface area contributed by atoms with Crippen LogP contribution in [-0.2, 0) is 21.4 Å². The number of rotatable bonds is 7. The van der Waals surface area contributed by atoms with Gasteiger partial charge in [0, 0.05) is 45.7 Å². The number of hydrogen-bond acceptors (Lipinski definition) is 6. The number of amides is 1. The Kier molecular flexibility index (Phi) is 7.19. The number of methoxy groups -OCH3 is 2. The SMILES string of the molecule is COc1cc(OC)c(S(=O)(=O)N2CCN(Cc3ccccc3C)CC2)cc1NC(C)=O. The fourth-order valence-electron chi connectivity index (χ4n) is 3.65. The summed E-state index contributed by atoms with van der Waals surface area (Å²) in [7, 11) is -0.963. The third-order valence-electron chi connectivity index (χ3n) is 5.40. The molecule has 8 nitrogen and oxygen atoms in total. The van der Waals surface area contributed by atoms with Crippen LogP contribution in [0.2, 0.25) is 0 Å². The third-order valence-corrected chi connectivity index (χ3v) is 7.32. The third kappa shape index (κ3) is 5.17. The van der Waals surface area contributed by atoms with E-state index in [9.17, 15) is 13.2 Å². The number of hydrogen-bond donors (Lipinski definition) is 1. The number of nitrogens with zero attached hydrogens (tertiary/aromatic N) is 2. The van der Waals surface area contributed by atoms with E-state index in [2.05, 4.69) is 29.3 Å². The van der Waals surface area contributed by atoms with Crippen LogP contribution in [0.15, 0.2) is 41.3 Å². The smallest absolute Gasteiger partial charge is 0.246 e. The second kappa shape index (κ2) is 9.67. The number of nitrogens with one attached hydrogen (secondary N) is 1. The van der Waals surface area contributed by atoms with E-state index in [1.165, 1.54) is 48.7 Å². The number of ether oxygens (including phenoxy) is 2. The van der Waals surface area contributed by atoms with Gasteiger partial charge in [-0.1, -0.05) is 24.3 Å². The van der Waals surface area contributed by atoms with Crippen LogP contribution in [0.25, 0.3) is 0 Å². The predicted octanol–water partition coefficient (Wildman–Crippen LogP) is 2.48. The predicted molar refractivity (Wildman–Crippen MR) is 119 cm³/mol. The molecule has 1 aliphatic heterocycles. The summed E-state index contributed by atoms with van der Waals surface area (Å²) in [6.07, 6.45) is 0. The topological polar surface area (TPSA) is 88.2 Å². The number of carbonyl (C=O) groups excluding carboxylic acids is 1. The van der Waals surface area contributed by atoms with E-state index in [-0.39, 0.29) is 22.2 Å². The average Bonchev–Trinajstić information content (AvgIpc) is 2.75. The minimum Gasteiger partial charge on any atom is -0.495 e. The van der Waals surface area contributed by atoms with Crippen molar-refractivity contribution >= 4 is 21.6 Å². The van der Waals surface area contributed by atoms with Gasteiger partial charge in [0.1, 0.15) is 16.4 Å². The summed E-state index contributed by atoms with van der Waals surface area (Å²) in [4.78, 5) is 13.8. The Morgan fingerprint density at radius 3 is 2.26 bits per heavy atom. The molecule has 9 heteroatoms. The standard InChI is InChI=1S/C22H29N3O5S/c1-16-7-5-6-8-18(16)15-24-9-11-25(12-10-24)31(27,28)22-13-19(23-17(2)26)20(29-3)14-21(22)30-4/h5-8,13-14H,9-12,15H2,1-4H3,(H,23,26). The second-order valence-electron chi connectivity index (χ2n) is 7.49. The fourth-order valence-corrected chi connectivity index (χ4v) is 5.24. The van der Waals surface area contributed by atoms with Gasteiger partial charge in [0.2, 0.25) is 15.9 Å². The first kappa shape index (κ1) is 23.1. The highest BCUT2D eigenvalue weighted by molar-refractivity contribution is 7.89. The summed E-state index contributed by atoms with van der Waals surface area (Å²) in [6, 6.07) is 11.1. The van der Waals surface area contributed by atoms with Crippen molar-refractivity contribution in [2.24, 2.45) is 0 Å². The minimum atomic E-state index is -3.82. The Bertz CT molecular complexity index is 1050. The van der Waals surface area contributed by atoms with Crippen molar-refractivity contribution in [3.63, 3.8) is 0 Å². The highest BCUT2D eigenvalue weighted by Crippen LogP contribution is 2.37. The van der Waals surface area contributed by atoms with Crippen LogP contribution in [0.3, 0.4) is 0 Å². The van der Waals surface area contributed by atoms with E-state index in [0.29, 0.717) is 31.9 Å². The van der Waals surface area contributed by atoms with Crippen LogP contribution in [0.5, 0.6) is 11.5 Å². The zero-order valence-corrected chi connectivity index (χ0v) is 19.2. The number of sulfonamides is 1. The van der Waals surface area contributed by atoms with Crippen LogP contribution < -0.4 is 14.8 Å². The Morgan fingerprint density at radius 2 is 1.68 bits per heavy atom. The first-order valence-electron chi connectivity index (χ1n) is 10.1. The molecule has 2 aromatic carbocycles. The molecule has 3 rings (SSSR count). The Hall–Kier alpha value is -2.62. The molecule has 1 heterocycles. The van der Waals surface area contributed by atoms with Crippen molar-refractivity contribution in [3.05, 3.63) is 47.5 Å². The van der Waals surface area contributed by atoms with Crippen molar-refractivity contribution in [2.45, 2.75) is 25.3 Å². The molecule has 168 valence electrons.